The number of fused-ring (bicyclic) bond motifs is 1. The van der Waals surface area contributed by atoms with Crippen molar-refractivity contribution in [1.29, 1.82) is 0 Å². The Bertz CT molecular complexity index is 1670. The number of rotatable bonds is 9. The van der Waals surface area contributed by atoms with Gasteiger partial charge < -0.3 is 10.5 Å². The predicted molar refractivity (Wildman–Crippen MR) is 184 cm³/mol. The van der Waals surface area contributed by atoms with Crippen LogP contribution in [0.3, 0.4) is 0 Å². The van der Waals surface area contributed by atoms with E-state index in [0.29, 0.717) is 12.0 Å². The van der Waals surface area contributed by atoms with Crippen molar-refractivity contribution in [2.45, 2.75) is 59.5 Å². The number of carbonyl (C=O) groups is 1. The topological polar surface area (TPSA) is 55.6 Å². The normalized spacial score (nSPS) is 16.6. The Labute approximate surface area is 267 Å². The fourth-order valence-corrected chi connectivity index (χ4v) is 6.82. The van der Waals surface area contributed by atoms with Gasteiger partial charge in [0.25, 0.3) is 0 Å². The molecular weight excluding hydrogens is 559 g/mol. The number of primary amides is 1. The molecule has 1 unspecified atom stereocenters. The quantitative estimate of drug-likeness (QED) is 0.208. The molecule has 1 amide bonds. The van der Waals surface area contributed by atoms with Crippen LogP contribution in [0.25, 0.3) is 22.3 Å². The van der Waals surface area contributed by atoms with Gasteiger partial charge in [-0.15, -0.1) is 0 Å². The summed E-state index contributed by atoms with van der Waals surface area (Å²) >= 11 is 0. The number of benzene rings is 4. The number of hydrogen-bond donors (Lipinski definition) is 1. The first kappa shape index (κ1) is 32.2. The minimum absolute atomic E-state index is 0. The molecule has 1 saturated heterocycles. The van der Waals surface area contributed by atoms with Gasteiger partial charge in [-0.25, -0.2) is 0 Å². The van der Waals surface area contributed by atoms with Crippen molar-refractivity contribution in [1.82, 2.24) is 4.90 Å². The Morgan fingerprint density at radius 3 is 2.31 bits per heavy atom. The maximum absolute atomic E-state index is 12.6. The molecule has 2 N–H and O–H groups in total. The average Bonchev–Trinajstić information content (AvgIpc) is 3.39. The summed E-state index contributed by atoms with van der Waals surface area (Å²) in [5, 5.41) is 0. The molecule has 1 fully saturated rings. The fraction of sp³-hybridized carbons (Fsp3) is 0.325. The van der Waals surface area contributed by atoms with Crippen LogP contribution in [0.4, 0.5) is 4.39 Å². The Hall–Kier alpha value is -4.22. The summed E-state index contributed by atoms with van der Waals surface area (Å²) in [6.45, 7) is 6.71. The molecule has 45 heavy (non-hydrogen) atoms. The third-order valence-electron chi connectivity index (χ3n) is 9.04. The minimum Gasteiger partial charge on any atom is -0.489 e. The predicted octanol–water partition coefficient (Wildman–Crippen LogP) is 8.81. The third-order valence-corrected chi connectivity index (χ3v) is 9.04. The van der Waals surface area contributed by atoms with Gasteiger partial charge >= 0.3 is 0 Å². The van der Waals surface area contributed by atoms with Crippen LogP contribution < -0.4 is 10.5 Å². The fourth-order valence-electron chi connectivity index (χ4n) is 6.82. The number of nitrogens with two attached hydrogens (primary N) is 1. The monoisotopic (exact) mass is 604 g/mol. The molecule has 0 bridgehead atoms. The van der Waals surface area contributed by atoms with Crippen LogP contribution in [0, 0.1) is 13.8 Å². The van der Waals surface area contributed by atoms with Crippen LogP contribution >= 0.6 is 0 Å². The Balaban J connectivity index is 0.00000400. The van der Waals surface area contributed by atoms with E-state index in [-0.39, 0.29) is 20.2 Å². The summed E-state index contributed by atoms with van der Waals surface area (Å²) in [6, 6.07) is 29.7. The van der Waals surface area contributed by atoms with Gasteiger partial charge in [-0.3, -0.25) is 14.1 Å². The van der Waals surface area contributed by atoms with Gasteiger partial charge in [0, 0.05) is 25.2 Å². The number of nitrogens with zero attached hydrogens (tertiary/aromatic N) is 1. The second-order valence-electron chi connectivity index (χ2n) is 12.2. The van der Waals surface area contributed by atoms with Gasteiger partial charge in [-0.2, -0.15) is 0 Å². The van der Waals surface area contributed by atoms with Crippen molar-refractivity contribution in [2.24, 2.45) is 5.73 Å². The average molecular weight is 605 g/mol. The van der Waals surface area contributed by atoms with E-state index in [2.05, 4.69) is 79.4 Å². The molecule has 5 heteroatoms. The van der Waals surface area contributed by atoms with E-state index in [1.54, 1.807) is 12.1 Å². The molecule has 0 saturated carbocycles. The Kier molecular flexibility index (Phi) is 10.2. The molecule has 0 aromatic heterocycles. The summed E-state index contributed by atoms with van der Waals surface area (Å²) in [6.07, 6.45) is 4.74. The molecule has 0 radical (unpaired) electrons. The van der Waals surface area contributed by atoms with E-state index in [9.17, 15) is 9.18 Å². The second-order valence-corrected chi connectivity index (χ2v) is 12.2. The Morgan fingerprint density at radius 2 is 1.60 bits per heavy atom. The van der Waals surface area contributed by atoms with Crippen molar-refractivity contribution in [3.05, 3.63) is 124 Å². The number of amides is 1. The van der Waals surface area contributed by atoms with E-state index < -0.39 is 5.91 Å². The van der Waals surface area contributed by atoms with Gasteiger partial charge in [0.05, 0.1) is 6.67 Å². The van der Waals surface area contributed by atoms with Crippen molar-refractivity contribution < 1.29 is 13.9 Å². The number of halogens is 1. The summed E-state index contributed by atoms with van der Waals surface area (Å²) in [5.41, 5.74) is 18.5. The number of ether oxygens (including phenoxy) is 1. The van der Waals surface area contributed by atoms with Gasteiger partial charge in [-0.1, -0.05) is 73.7 Å². The number of aryl methyl sites for hydroxylation is 3. The molecule has 1 heterocycles. The van der Waals surface area contributed by atoms with Gasteiger partial charge in [0.1, 0.15) is 11.9 Å². The first-order valence-corrected chi connectivity index (χ1v) is 15.8. The molecule has 1 aliphatic heterocycles. The van der Waals surface area contributed by atoms with Gasteiger partial charge in [0.2, 0.25) is 5.91 Å². The molecular formula is C40H45FN2O2. The maximum atomic E-state index is 12.6. The lowest BCUT2D eigenvalue weighted by molar-refractivity contribution is 0.100. The highest BCUT2D eigenvalue weighted by Gasteiger charge is 2.25. The summed E-state index contributed by atoms with van der Waals surface area (Å²) in [4.78, 5) is 13.9. The summed E-state index contributed by atoms with van der Waals surface area (Å²) in [5.74, 6) is 0.464. The van der Waals surface area contributed by atoms with Crippen LogP contribution in [0.1, 0.15) is 76.8 Å². The van der Waals surface area contributed by atoms with Crippen molar-refractivity contribution in [2.75, 3.05) is 26.3 Å². The van der Waals surface area contributed by atoms with E-state index in [1.807, 2.05) is 12.1 Å². The van der Waals surface area contributed by atoms with E-state index in [4.69, 9.17) is 10.5 Å². The first-order chi connectivity index (χ1) is 21.4. The first-order valence-electron chi connectivity index (χ1n) is 15.8. The third kappa shape index (κ3) is 7.20. The van der Waals surface area contributed by atoms with Gasteiger partial charge in [0.15, 0.2) is 0 Å². The molecule has 6 rings (SSSR count). The highest BCUT2D eigenvalue weighted by molar-refractivity contribution is 6.01. The van der Waals surface area contributed by atoms with Crippen molar-refractivity contribution in [3.63, 3.8) is 0 Å². The highest BCUT2D eigenvalue weighted by Crippen LogP contribution is 2.42. The Morgan fingerprint density at radius 1 is 0.889 bits per heavy atom. The molecule has 4 aromatic carbocycles. The smallest absolute Gasteiger partial charge is 0.248 e. The van der Waals surface area contributed by atoms with Crippen LogP contribution in [-0.2, 0) is 6.42 Å². The summed E-state index contributed by atoms with van der Waals surface area (Å²) in [7, 11) is 0. The van der Waals surface area contributed by atoms with Gasteiger partial charge in [-0.05, 0) is 120 Å². The highest BCUT2D eigenvalue weighted by atomic mass is 19.1. The number of hydrogen-bond acceptors (Lipinski definition) is 3. The van der Waals surface area contributed by atoms with Crippen LogP contribution in [0.15, 0.2) is 84.9 Å². The van der Waals surface area contributed by atoms with E-state index in [1.165, 1.54) is 44.5 Å². The molecule has 2 aliphatic rings. The number of alkyl halides is 1. The number of allylic oxidation sites excluding steroid dienone is 1. The maximum Gasteiger partial charge on any atom is 0.248 e. The van der Waals surface area contributed by atoms with Crippen LogP contribution in [0.2, 0.25) is 0 Å². The van der Waals surface area contributed by atoms with Crippen LogP contribution in [0.5, 0.6) is 5.75 Å². The summed E-state index contributed by atoms with van der Waals surface area (Å²) < 4.78 is 19.0. The molecule has 234 valence electrons. The standard InChI is InChI=1S/C39H41FN2O2.CH4/c1-26-7-17-35(27(2)23-26)37-6-3-5-32-24-31(28-8-10-30(11-9-28)39(41)43)14-18-36(32)38(37)29-12-15-33(16-13-29)44-34-19-22-42(25-34)21-4-20-40;/h7-18,23-24,34H,3-6,19-22,25H2,1-2H3,(H2,41,43);1H4. The number of likely N-dealkylation sites (tertiary alicyclic amines) is 1. The zero-order chi connectivity index (χ0) is 30.6. The lowest BCUT2D eigenvalue weighted by Crippen LogP contribution is -2.26. The second kappa shape index (κ2) is 14.3. The van der Waals surface area contributed by atoms with Crippen molar-refractivity contribution in [3.8, 4) is 16.9 Å². The largest absolute Gasteiger partial charge is 0.489 e. The zero-order valence-electron chi connectivity index (χ0n) is 25.7. The van der Waals surface area contributed by atoms with E-state index >= 15 is 0 Å². The molecule has 1 aliphatic carbocycles. The molecule has 1 atom stereocenters. The molecule has 4 aromatic rings. The van der Waals surface area contributed by atoms with E-state index in [0.717, 1.165) is 62.2 Å². The number of carbonyl (C=O) groups excluding carboxylic acids is 1. The van der Waals surface area contributed by atoms with Crippen molar-refractivity contribution >= 4 is 17.1 Å². The van der Waals surface area contributed by atoms with Crippen LogP contribution in [-0.4, -0.2) is 43.2 Å². The molecule has 4 nitrogen and oxygen atoms in total. The minimum atomic E-state index is -0.414. The lowest BCUT2D eigenvalue weighted by atomic mass is 9.85. The zero-order valence-corrected chi connectivity index (χ0v) is 25.7. The lowest BCUT2D eigenvalue weighted by Gasteiger charge is -2.20. The molecule has 0 spiro atoms. The SMILES string of the molecule is C.Cc1ccc(C2=C(c3ccc(OC4CCN(CCCF)C4)cc3)c3ccc(-c4ccc(C(N)=O)cc4)cc3CCC2)c(C)c1.